The Bertz CT molecular complexity index is 1780. The first-order valence-corrected chi connectivity index (χ1v) is 19.9. The molecule has 0 radical (unpaired) electrons. The molecule has 6 atom stereocenters. The van der Waals surface area contributed by atoms with Crippen LogP contribution in [0.1, 0.15) is 70.1 Å². The molecule has 3 aromatic rings. The van der Waals surface area contributed by atoms with E-state index in [-0.39, 0.29) is 44.2 Å². The molecule has 0 bridgehead atoms. The topological polar surface area (TPSA) is 175 Å². The van der Waals surface area contributed by atoms with Crippen LogP contribution in [0.4, 0.5) is 4.79 Å². The summed E-state index contributed by atoms with van der Waals surface area (Å²) < 4.78 is 5.29. The van der Waals surface area contributed by atoms with Gasteiger partial charge in [0.2, 0.25) is 29.5 Å². The van der Waals surface area contributed by atoms with E-state index in [9.17, 15) is 28.8 Å². The molecule has 306 valence electrons. The van der Waals surface area contributed by atoms with Crippen molar-refractivity contribution in [3.63, 3.8) is 0 Å². The van der Waals surface area contributed by atoms with Crippen molar-refractivity contribution < 1.29 is 33.5 Å². The van der Waals surface area contributed by atoms with Crippen LogP contribution in [0.5, 0.6) is 0 Å². The Morgan fingerprint density at radius 3 is 1.77 bits per heavy atom. The zero-order chi connectivity index (χ0) is 41.3. The average Bonchev–Trinajstić information content (AvgIpc) is 3.21. The average molecular weight is 783 g/mol. The Kier molecular flexibility index (Phi) is 17.1. The van der Waals surface area contributed by atoms with Crippen molar-refractivity contribution in [3.8, 4) is 0 Å². The summed E-state index contributed by atoms with van der Waals surface area (Å²) in [6, 6.07) is 22.5. The molecule has 5 N–H and O–H groups in total. The van der Waals surface area contributed by atoms with Gasteiger partial charge in [-0.05, 0) is 47.8 Å². The van der Waals surface area contributed by atoms with Crippen LogP contribution in [0, 0.1) is 11.8 Å². The van der Waals surface area contributed by atoms with Gasteiger partial charge in [0.05, 0.1) is 0 Å². The first-order valence-electron chi connectivity index (χ1n) is 19.9. The monoisotopic (exact) mass is 782 g/mol. The fourth-order valence-corrected chi connectivity index (χ4v) is 6.63. The Balaban J connectivity index is 1.63. The molecular weight excluding hydrogens is 725 g/mol. The van der Waals surface area contributed by atoms with Crippen molar-refractivity contribution in [1.29, 1.82) is 0 Å². The van der Waals surface area contributed by atoms with E-state index < -0.39 is 65.8 Å². The number of hydrogen-bond donors (Lipinski definition) is 5. The second kappa shape index (κ2) is 22.1. The number of unbranched alkanes of at least 4 members (excludes halogenated alkanes) is 1. The summed E-state index contributed by atoms with van der Waals surface area (Å²) in [6.45, 7) is 7.74. The van der Waals surface area contributed by atoms with Gasteiger partial charge in [-0.1, -0.05) is 125 Å². The molecule has 0 aliphatic carbocycles. The lowest BCUT2D eigenvalue weighted by Crippen LogP contribution is -2.60. The van der Waals surface area contributed by atoms with Crippen molar-refractivity contribution in [2.45, 2.75) is 103 Å². The van der Waals surface area contributed by atoms with Gasteiger partial charge in [0.25, 0.3) is 0 Å². The van der Waals surface area contributed by atoms with Gasteiger partial charge in [0.1, 0.15) is 36.8 Å². The summed E-state index contributed by atoms with van der Waals surface area (Å²) in [5.74, 6) is -3.43. The normalized spacial score (nSPS) is 21.6. The maximum Gasteiger partial charge on any atom is 0.407 e. The van der Waals surface area contributed by atoms with Crippen LogP contribution in [-0.2, 0) is 48.2 Å². The maximum atomic E-state index is 14.4. The molecule has 13 heteroatoms. The van der Waals surface area contributed by atoms with Crippen molar-refractivity contribution in [3.05, 3.63) is 108 Å². The van der Waals surface area contributed by atoms with Gasteiger partial charge in [0, 0.05) is 26.4 Å². The van der Waals surface area contributed by atoms with Crippen LogP contribution < -0.4 is 26.6 Å². The van der Waals surface area contributed by atoms with E-state index in [2.05, 4.69) is 26.6 Å². The first kappa shape index (κ1) is 44.0. The highest BCUT2D eigenvalue weighted by molar-refractivity contribution is 5.98. The smallest absolute Gasteiger partial charge is 0.407 e. The molecule has 57 heavy (non-hydrogen) atoms. The lowest BCUT2D eigenvalue weighted by Gasteiger charge is -2.34. The number of benzene rings is 3. The number of alkyl carbamates (subject to hydrolysis) is 1. The van der Waals surface area contributed by atoms with E-state index in [1.807, 2.05) is 105 Å². The number of amides is 6. The van der Waals surface area contributed by atoms with Crippen LogP contribution in [0.25, 0.3) is 0 Å². The van der Waals surface area contributed by atoms with E-state index in [4.69, 9.17) is 4.74 Å². The predicted octanol–water partition coefficient (Wildman–Crippen LogP) is 4.05. The number of carbonyl (C=O) groups is 6. The van der Waals surface area contributed by atoms with Crippen LogP contribution >= 0.6 is 0 Å². The number of nitrogens with one attached hydrogen (secondary N) is 5. The number of carbonyl (C=O) groups excluding carboxylic acids is 6. The van der Waals surface area contributed by atoms with Crippen LogP contribution in [-0.4, -0.2) is 84.3 Å². The van der Waals surface area contributed by atoms with Crippen molar-refractivity contribution in [1.82, 2.24) is 31.5 Å². The summed E-state index contributed by atoms with van der Waals surface area (Å²) >= 11 is 0. The van der Waals surface area contributed by atoms with Crippen LogP contribution in [0.15, 0.2) is 91.0 Å². The van der Waals surface area contributed by atoms with Gasteiger partial charge in [0.15, 0.2) is 0 Å². The molecule has 1 saturated heterocycles. The minimum atomic E-state index is -1.12. The molecule has 0 aromatic heterocycles. The van der Waals surface area contributed by atoms with Gasteiger partial charge in [-0.3, -0.25) is 24.0 Å². The Morgan fingerprint density at radius 1 is 0.667 bits per heavy atom. The molecule has 1 aliphatic rings. The second-order valence-electron chi connectivity index (χ2n) is 15.1. The van der Waals surface area contributed by atoms with E-state index in [0.29, 0.717) is 19.3 Å². The summed E-state index contributed by atoms with van der Waals surface area (Å²) in [7, 11) is 1.53. The van der Waals surface area contributed by atoms with Crippen molar-refractivity contribution in [2.24, 2.45) is 11.8 Å². The molecular formula is C44H58N6O7. The third-order valence-electron chi connectivity index (χ3n) is 10.4. The fourth-order valence-electron chi connectivity index (χ4n) is 6.63. The quantitative estimate of drug-likeness (QED) is 0.153. The zero-order valence-electron chi connectivity index (χ0n) is 33.7. The minimum Gasteiger partial charge on any atom is -0.445 e. The van der Waals surface area contributed by atoms with Crippen molar-refractivity contribution >= 4 is 35.6 Å². The van der Waals surface area contributed by atoms with Gasteiger partial charge in [-0.2, -0.15) is 0 Å². The van der Waals surface area contributed by atoms with Gasteiger partial charge < -0.3 is 36.2 Å². The minimum absolute atomic E-state index is 0.113. The van der Waals surface area contributed by atoms with E-state index in [1.165, 1.54) is 11.9 Å². The van der Waals surface area contributed by atoms with E-state index in [1.54, 1.807) is 13.8 Å². The number of likely N-dealkylation sites (N-methyl/N-ethyl adjacent to an activating group) is 1. The summed E-state index contributed by atoms with van der Waals surface area (Å²) in [4.78, 5) is 84.7. The van der Waals surface area contributed by atoms with Crippen LogP contribution in [0.3, 0.4) is 0 Å². The predicted molar refractivity (Wildman–Crippen MR) is 217 cm³/mol. The number of rotatable bonds is 14. The Morgan fingerprint density at radius 2 is 1.19 bits per heavy atom. The largest absolute Gasteiger partial charge is 0.445 e. The second-order valence-corrected chi connectivity index (χ2v) is 15.1. The highest BCUT2D eigenvalue weighted by Crippen LogP contribution is 2.17. The van der Waals surface area contributed by atoms with Crippen molar-refractivity contribution in [2.75, 3.05) is 13.6 Å². The molecule has 1 fully saturated rings. The third kappa shape index (κ3) is 13.5. The number of hydrogen-bond acceptors (Lipinski definition) is 7. The molecule has 0 saturated carbocycles. The molecule has 3 aromatic carbocycles. The highest BCUT2D eigenvalue weighted by atomic mass is 16.5. The standard InChI is InChI=1S/C44H58N6O7/c1-6-30(4)38-42(54)48-37(29(2)3)43(55)50(5)36(27-32-20-12-8-13-21-32)41(53)47-35(26-31-18-10-7-11-19-31)40(52)46-34(39(51)49-38)24-16-17-25-45-44(56)57-28-33-22-14-9-15-23-33/h7-15,18-23,29-30,34-38H,6,16-17,24-28H2,1-5H3,(H,45,56)(H,46,52)(H,47,53)(H,48,54)(H,49,51)/t30-,34-,35-,36-,37-,38-/m0/s1. The van der Waals surface area contributed by atoms with E-state index >= 15 is 0 Å². The molecule has 1 aliphatic heterocycles. The molecule has 13 nitrogen and oxygen atoms in total. The van der Waals surface area contributed by atoms with E-state index in [0.717, 1.165) is 16.7 Å². The Labute approximate surface area is 336 Å². The molecule has 1 heterocycles. The zero-order valence-corrected chi connectivity index (χ0v) is 33.7. The molecule has 6 amide bonds. The van der Waals surface area contributed by atoms with Gasteiger partial charge >= 0.3 is 6.09 Å². The van der Waals surface area contributed by atoms with Crippen LogP contribution in [0.2, 0.25) is 0 Å². The number of ether oxygens (including phenoxy) is 1. The molecule has 4 rings (SSSR count). The molecule has 0 unspecified atom stereocenters. The van der Waals surface area contributed by atoms with Gasteiger partial charge in [-0.15, -0.1) is 0 Å². The maximum absolute atomic E-state index is 14.4. The van der Waals surface area contributed by atoms with Gasteiger partial charge in [-0.25, -0.2) is 4.79 Å². The fraction of sp³-hybridized carbons (Fsp3) is 0.455. The number of nitrogens with zero attached hydrogens (tertiary/aromatic N) is 1. The lowest BCUT2D eigenvalue weighted by molar-refractivity contribution is -0.143. The summed E-state index contributed by atoms with van der Waals surface area (Å²) in [5.41, 5.74) is 2.43. The summed E-state index contributed by atoms with van der Waals surface area (Å²) in [5, 5.41) is 14.3. The molecule has 0 spiro atoms. The first-order chi connectivity index (χ1) is 27.4. The third-order valence-corrected chi connectivity index (χ3v) is 10.4. The Hall–Kier alpha value is -5.72. The highest BCUT2D eigenvalue weighted by Gasteiger charge is 2.39. The summed E-state index contributed by atoms with van der Waals surface area (Å²) in [6.07, 6.45) is 1.28. The lowest BCUT2D eigenvalue weighted by atomic mass is 9.95. The SMILES string of the molecule is CC[C@H](C)[C@@H]1NC(=O)[C@H](CCCCNC(=O)OCc2ccccc2)NC(=O)[C@H](Cc2ccccc2)NC(=O)[C@H](Cc2ccccc2)N(C)C(=O)[C@H](C(C)C)NC1=O.